The zero-order valence-electron chi connectivity index (χ0n) is 25.7. The number of aliphatic hydroxyl groups excluding tert-OH is 1. The molecule has 0 saturated carbocycles. The molecule has 0 amide bonds. The first-order chi connectivity index (χ1) is 18.0. The van der Waals surface area contributed by atoms with Crippen LogP contribution >= 0.6 is 0 Å². The predicted octanol–water partition coefficient (Wildman–Crippen LogP) is 3.41. The van der Waals surface area contributed by atoms with Crippen LogP contribution in [0.25, 0.3) is 0 Å². The number of hydrogen-bond acceptors (Lipinski definition) is 9. The van der Waals surface area contributed by atoms with Crippen LogP contribution < -0.4 is 0 Å². The molecule has 9 heteroatoms. The molecule has 0 unspecified atom stereocenters. The third-order valence-corrected chi connectivity index (χ3v) is 8.27. The Balaban J connectivity index is 2.59. The molecule has 0 aromatic rings. The highest BCUT2D eigenvalue weighted by Gasteiger charge is 2.46. The third kappa shape index (κ3) is 7.99. The molecule has 0 aromatic heterocycles. The smallest absolute Gasteiger partial charge is 0.333 e. The van der Waals surface area contributed by atoms with E-state index >= 15 is 0 Å². The highest BCUT2D eigenvalue weighted by molar-refractivity contribution is 5.96. The van der Waals surface area contributed by atoms with E-state index in [0.29, 0.717) is 30.4 Å². The SMILES string of the molecule is CC[C@H]1OC(=O)/C(C)=C\[C@H](C)[C@@H](O[C@@H]2O[C@H](C)C[C@H](N(C)C)[C@H]2O)[C@](C)(OC)C[C@@H](C)C(=O)/C(C)=C/[C@]1(C)O. The van der Waals surface area contributed by atoms with E-state index in [2.05, 4.69) is 0 Å². The van der Waals surface area contributed by atoms with Crippen molar-refractivity contribution in [2.45, 2.75) is 123 Å². The number of methoxy groups -OCH3 is 1. The first-order valence-electron chi connectivity index (χ1n) is 14.0. The normalized spacial score (nSPS) is 44.2. The van der Waals surface area contributed by atoms with Crippen molar-refractivity contribution in [3.63, 3.8) is 0 Å². The van der Waals surface area contributed by atoms with E-state index in [4.69, 9.17) is 18.9 Å². The Morgan fingerprint density at radius 3 is 2.28 bits per heavy atom. The lowest BCUT2D eigenvalue weighted by atomic mass is 9.79. The van der Waals surface area contributed by atoms with Crippen molar-refractivity contribution in [3.05, 3.63) is 23.3 Å². The van der Waals surface area contributed by atoms with Crippen molar-refractivity contribution >= 4 is 11.8 Å². The average Bonchev–Trinajstić information content (AvgIpc) is 2.85. The van der Waals surface area contributed by atoms with Gasteiger partial charge in [0.2, 0.25) is 0 Å². The second-order valence-electron chi connectivity index (χ2n) is 12.2. The molecule has 0 aliphatic carbocycles. The van der Waals surface area contributed by atoms with Gasteiger partial charge in [-0.05, 0) is 79.6 Å². The predicted molar refractivity (Wildman–Crippen MR) is 149 cm³/mol. The van der Waals surface area contributed by atoms with Crippen molar-refractivity contribution in [1.29, 1.82) is 0 Å². The lowest BCUT2D eigenvalue weighted by Gasteiger charge is -2.46. The molecular formula is C30H51NO8. The van der Waals surface area contributed by atoms with E-state index in [1.165, 1.54) is 6.08 Å². The Morgan fingerprint density at radius 1 is 1.13 bits per heavy atom. The van der Waals surface area contributed by atoms with Gasteiger partial charge in [0.15, 0.2) is 12.1 Å². The maximum absolute atomic E-state index is 13.4. The number of ether oxygens (including phenoxy) is 4. The molecule has 2 N–H and O–H groups in total. The number of cyclic esters (lactones) is 1. The Labute approximate surface area is 234 Å². The van der Waals surface area contributed by atoms with Gasteiger partial charge in [-0.3, -0.25) is 4.79 Å². The van der Waals surface area contributed by atoms with Gasteiger partial charge in [0.1, 0.15) is 17.8 Å². The zero-order valence-corrected chi connectivity index (χ0v) is 25.7. The topological polar surface area (TPSA) is 115 Å². The van der Waals surface area contributed by atoms with Gasteiger partial charge in [0, 0.05) is 30.6 Å². The summed E-state index contributed by atoms with van der Waals surface area (Å²) < 4.78 is 24.4. The monoisotopic (exact) mass is 553 g/mol. The number of likely N-dealkylation sites (N-methyl/N-ethyl adjacent to an activating group) is 1. The Bertz CT molecular complexity index is 928. The average molecular weight is 554 g/mol. The first-order valence-corrected chi connectivity index (χ1v) is 14.0. The molecular weight excluding hydrogens is 502 g/mol. The summed E-state index contributed by atoms with van der Waals surface area (Å²) in [6, 6.07) is -0.166. The van der Waals surface area contributed by atoms with Gasteiger partial charge >= 0.3 is 5.97 Å². The number of nitrogens with zero attached hydrogens (tertiary/aromatic N) is 1. The van der Waals surface area contributed by atoms with E-state index in [-0.39, 0.29) is 17.9 Å². The minimum absolute atomic E-state index is 0.146. The number of esters is 1. The molecule has 9 nitrogen and oxygen atoms in total. The maximum Gasteiger partial charge on any atom is 0.333 e. The summed E-state index contributed by atoms with van der Waals surface area (Å²) in [5, 5.41) is 22.3. The Kier molecular flexibility index (Phi) is 11.5. The van der Waals surface area contributed by atoms with E-state index in [0.717, 1.165) is 0 Å². The van der Waals surface area contributed by atoms with Crippen molar-refractivity contribution in [2.75, 3.05) is 21.2 Å². The summed E-state index contributed by atoms with van der Waals surface area (Å²) >= 11 is 0. The van der Waals surface area contributed by atoms with Crippen LogP contribution in [0.15, 0.2) is 23.3 Å². The van der Waals surface area contributed by atoms with Crippen LogP contribution in [0.5, 0.6) is 0 Å². The highest BCUT2D eigenvalue weighted by Crippen LogP contribution is 2.36. The molecule has 2 heterocycles. The largest absolute Gasteiger partial charge is 0.456 e. The molecule has 1 saturated heterocycles. The lowest BCUT2D eigenvalue weighted by molar-refractivity contribution is -0.294. The third-order valence-electron chi connectivity index (χ3n) is 8.27. The standard InChI is InChI=1S/C30H51NO8/c1-12-23-29(7,35)15-19(4)24(32)20(5)16-30(8,36-11)26(17(2)13-18(3)27(34)38-23)39-28-25(33)22(31(9)10)14-21(6)37-28/h13,15,17,20-23,25-26,28,33,35H,12,14,16H2,1-11H3/b18-13-,19-15+/t17-,20+,21+,22-,23+,25+,26+,28-,29-,30+/m0/s1. The molecule has 224 valence electrons. The minimum atomic E-state index is -1.52. The quantitative estimate of drug-likeness (QED) is 0.494. The molecule has 2 rings (SSSR count). The fourth-order valence-electron chi connectivity index (χ4n) is 6.02. The molecule has 1 fully saturated rings. The number of hydrogen-bond donors (Lipinski definition) is 2. The van der Waals surface area contributed by atoms with Crippen molar-refractivity contribution in [3.8, 4) is 0 Å². The van der Waals surface area contributed by atoms with Crippen LogP contribution in [-0.4, -0.2) is 96.0 Å². The summed E-state index contributed by atoms with van der Waals surface area (Å²) in [5.74, 6) is -1.58. The van der Waals surface area contributed by atoms with Crippen LogP contribution in [0, 0.1) is 11.8 Å². The van der Waals surface area contributed by atoms with Gasteiger partial charge in [-0.15, -0.1) is 0 Å². The molecule has 0 spiro atoms. The van der Waals surface area contributed by atoms with Crippen LogP contribution in [0.1, 0.15) is 74.7 Å². The van der Waals surface area contributed by atoms with Gasteiger partial charge < -0.3 is 34.1 Å². The summed E-state index contributed by atoms with van der Waals surface area (Å²) in [7, 11) is 5.39. The summed E-state index contributed by atoms with van der Waals surface area (Å²) in [5.41, 5.74) is -1.78. The number of Topliss-reactive ketones (excluding diaryl/α,β-unsaturated/α-hetero) is 1. The van der Waals surface area contributed by atoms with Crippen LogP contribution in [0.3, 0.4) is 0 Å². The number of rotatable bonds is 5. The molecule has 0 radical (unpaired) electrons. The van der Waals surface area contributed by atoms with Gasteiger partial charge in [-0.25, -0.2) is 4.79 Å². The van der Waals surface area contributed by atoms with Crippen LogP contribution in [0.2, 0.25) is 0 Å². The molecule has 2 aliphatic rings. The lowest BCUT2D eigenvalue weighted by Crippen LogP contribution is -2.58. The number of allylic oxidation sites excluding steroid dienone is 1. The summed E-state index contributed by atoms with van der Waals surface area (Å²) in [4.78, 5) is 28.5. The molecule has 10 atom stereocenters. The first kappa shape index (κ1) is 33.6. The van der Waals surface area contributed by atoms with Crippen molar-refractivity contribution < 1.29 is 38.7 Å². The second-order valence-corrected chi connectivity index (χ2v) is 12.2. The van der Waals surface area contributed by atoms with Crippen LogP contribution in [-0.2, 0) is 28.5 Å². The van der Waals surface area contributed by atoms with Gasteiger partial charge in [0.05, 0.1) is 17.8 Å². The molecule has 0 bridgehead atoms. The number of aliphatic hydroxyl groups is 2. The molecule has 2 aliphatic heterocycles. The van der Waals surface area contributed by atoms with E-state index in [9.17, 15) is 19.8 Å². The summed E-state index contributed by atoms with van der Waals surface area (Å²) in [6.07, 6.45) is 1.04. The minimum Gasteiger partial charge on any atom is -0.456 e. The Morgan fingerprint density at radius 2 is 1.74 bits per heavy atom. The van der Waals surface area contributed by atoms with Crippen molar-refractivity contribution in [2.24, 2.45) is 11.8 Å². The number of ketones is 1. The molecule has 0 aromatic carbocycles. The van der Waals surface area contributed by atoms with Crippen LogP contribution in [0.4, 0.5) is 0 Å². The number of carbonyl (C=O) groups is 2. The number of carbonyl (C=O) groups excluding carboxylic acids is 2. The summed E-state index contributed by atoms with van der Waals surface area (Å²) in [6.45, 7) is 14.2. The van der Waals surface area contributed by atoms with Gasteiger partial charge in [-0.1, -0.05) is 26.8 Å². The van der Waals surface area contributed by atoms with Gasteiger partial charge in [-0.2, -0.15) is 0 Å². The molecule has 39 heavy (non-hydrogen) atoms. The van der Waals surface area contributed by atoms with Gasteiger partial charge in [0.25, 0.3) is 0 Å². The maximum atomic E-state index is 13.4. The highest BCUT2D eigenvalue weighted by atomic mass is 16.7. The second kappa shape index (κ2) is 13.4. The Hall–Kier alpha value is -1.62. The van der Waals surface area contributed by atoms with Crippen molar-refractivity contribution in [1.82, 2.24) is 4.90 Å². The zero-order chi connectivity index (χ0) is 29.9. The fraction of sp³-hybridized carbons (Fsp3) is 0.800. The van der Waals surface area contributed by atoms with E-state index in [1.807, 2.05) is 53.6 Å². The van der Waals surface area contributed by atoms with E-state index < -0.39 is 53.6 Å². The fourth-order valence-corrected chi connectivity index (χ4v) is 6.02. The van der Waals surface area contributed by atoms with E-state index in [1.54, 1.807) is 34.0 Å².